The summed E-state index contributed by atoms with van der Waals surface area (Å²) in [6.07, 6.45) is 1.28. The van der Waals surface area contributed by atoms with Crippen LogP contribution in [0.3, 0.4) is 0 Å². The quantitative estimate of drug-likeness (QED) is 0.888. The lowest BCUT2D eigenvalue weighted by Crippen LogP contribution is -2.32. The van der Waals surface area contributed by atoms with Crippen molar-refractivity contribution in [2.24, 2.45) is 5.73 Å². The van der Waals surface area contributed by atoms with Crippen LogP contribution in [0, 0.1) is 0 Å². The van der Waals surface area contributed by atoms with Crippen LogP contribution >= 0.6 is 39.9 Å². The first-order valence-corrected chi connectivity index (χ1v) is 6.70. The molecular formula is C12H15BrCl2N2O. The topological polar surface area (TPSA) is 46.3 Å². The van der Waals surface area contributed by atoms with E-state index in [1.807, 2.05) is 23.1 Å². The minimum Gasteiger partial charge on any atom is -0.341 e. The van der Waals surface area contributed by atoms with Crippen molar-refractivity contribution in [3.8, 4) is 0 Å². The zero-order chi connectivity index (χ0) is 12.4. The molecule has 0 aliphatic carbocycles. The summed E-state index contributed by atoms with van der Waals surface area (Å²) in [5, 5.41) is 0.633. The highest BCUT2D eigenvalue weighted by atomic mass is 79.9. The number of likely N-dealkylation sites (tertiary alicyclic amines) is 1. The molecule has 1 atom stereocenters. The van der Waals surface area contributed by atoms with Gasteiger partial charge in [-0.1, -0.05) is 17.7 Å². The van der Waals surface area contributed by atoms with Gasteiger partial charge in [-0.2, -0.15) is 0 Å². The van der Waals surface area contributed by atoms with Crippen LogP contribution in [0.1, 0.15) is 12.0 Å². The number of hydrogen-bond donors (Lipinski definition) is 1. The minimum absolute atomic E-state index is 0. The van der Waals surface area contributed by atoms with Gasteiger partial charge in [0.1, 0.15) is 0 Å². The second kappa shape index (κ2) is 6.75. The molecule has 100 valence electrons. The third kappa shape index (κ3) is 3.85. The monoisotopic (exact) mass is 352 g/mol. The maximum absolute atomic E-state index is 12.0. The van der Waals surface area contributed by atoms with E-state index in [9.17, 15) is 4.79 Å². The van der Waals surface area contributed by atoms with E-state index in [0.717, 1.165) is 23.0 Å². The van der Waals surface area contributed by atoms with Crippen molar-refractivity contribution in [3.05, 3.63) is 33.3 Å². The Balaban J connectivity index is 0.00000162. The van der Waals surface area contributed by atoms with E-state index in [-0.39, 0.29) is 24.4 Å². The number of nitrogens with two attached hydrogens (primary N) is 1. The lowest BCUT2D eigenvalue weighted by atomic mass is 10.1. The van der Waals surface area contributed by atoms with Gasteiger partial charge >= 0.3 is 0 Å². The van der Waals surface area contributed by atoms with Crippen molar-refractivity contribution in [1.29, 1.82) is 0 Å². The molecule has 1 saturated heterocycles. The average molecular weight is 354 g/mol. The summed E-state index contributed by atoms with van der Waals surface area (Å²) in [6.45, 7) is 1.44. The Labute approximate surface area is 126 Å². The van der Waals surface area contributed by atoms with Crippen LogP contribution in [0.15, 0.2) is 22.7 Å². The minimum atomic E-state index is 0. The van der Waals surface area contributed by atoms with Crippen molar-refractivity contribution in [3.63, 3.8) is 0 Å². The van der Waals surface area contributed by atoms with Crippen LogP contribution in [-0.2, 0) is 11.2 Å². The summed E-state index contributed by atoms with van der Waals surface area (Å²) in [5.41, 5.74) is 6.71. The molecule has 2 N–H and O–H groups in total. The molecule has 6 heteroatoms. The van der Waals surface area contributed by atoms with Gasteiger partial charge in [0, 0.05) is 23.6 Å². The van der Waals surface area contributed by atoms with Crippen molar-refractivity contribution in [2.45, 2.75) is 18.9 Å². The van der Waals surface area contributed by atoms with Crippen molar-refractivity contribution in [2.75, 3.05) is 13.1 Å². The molecule has 1 aromatic carbocycles. The number of hydrogen-bond acceptors (Lipinski definition) is 2. The molecule has 1 aromatic rings. The van der Waals surface area contributed by atoms with Crippen LogP contribution in [-0.4, -0.2) is 29.9 Å². The third-order valence-corrected chi connectivity index (χ3v) is 4.15. The number of carbonyl (C=O) groups excluding carboxylic acids is 1. The highest BCUT2D eigenvalue weighted by molar-refractivity contribution is 9.10. The fourth-order valence-corrected chi connectivity index (χ4v) is 2.40. The molecule has 0 unspecified atom stereocenters. The molecule has 0 aromatic heterocycles. The lowest BCUT2D eigenvalue weighted by Gasteiger charge is -2.15. The van der Waals surface area contributed by atoms with E-state index < -0.39 is 0 Å². The van der Waals surface area contributed by atoms with Gasteiger partial charge in [-0.15, -0.1) is 12.4 Å². The molecule has 0 saturated carbocycles. The number of carbonyl (C=O) groups is 1. The third-order valence-electron chi connectivity index (χ3n) is 2.92. The molecule has 3 nitrogen and oxygen atoms in total. The van der Waals surface area contributed by atoms with Crippen molar-refractivity contribution < 1.29 is 4.79 Å². The van der Waals surface area contributed by atoms with Gasteiger partial charge in [0.05, 0.1) is 11.4 Å². The Morgan fingerprint density at radius 2 is 2.28 bits per heavy atom. The van der Waals surface area contributed by atoms with E-state index in [4.69, 9.17) is 17.3 Å². The first kappa shape index (κ1) is 15.8. The number of nitrogens with zero attached hydrogens (tertiary/aromatic N) is 1. The van der Waals surface area contributed by atoms with Gasteiger partial charge < -0.3 is 10.6 Å². The maximum Gasteiger partial charge on any atom is 0.227 e. The smallest absolute Gasteiger partial charge is 0.227 e. The van der Waals surface area contributed by atoms with Gasteiger partial charge in [0.15, 0.2) is 0 Å². The number of benzene rings is 1. The predicted octanol–water partition coefficient (Wildman–Crippen LogP) is 2.63. The van der Waals surface area contributed by atoms with Crippen LogP contribution < -0.4 is 5.73 Å². The SMILES string of the molecule is Cl.N[C@@H]1CCN(C(=O)Cc2ccc(Br)c(Cl)c2)C1. The Kier molecular flexibility index (Phi) is 5.92. The first-order valence-electron chi connectivity index (χ1n) is 5.53. The van der Waals surface area contributed by atoms with E-state index in [1.165, 1.54) is 0 Å². The second-order valence-electron chi connectivity index (χ2n) is 4.31. The number of rotatable bonds is 2. The summed E-state index contributed by atoms with van der Waals surface area (Å²) < 4.78 is 0.846. The zero-order valence-electron chi connectivity index (χ0n) is 9.73. The van der Waals surface area contributed by atoms with Gasteiger partial charge in [0.25, 0.3) is 0 Å². The fourth-order valence-electron chi connectivity index (χ4n) is 1.95. The second-order valence-corrected chi connectivity index (χ2v) is 5.58. The summed E-state index contributed by atoms with van der Waals surface area (Å²) >= 11 is 9.31. The molecular weight excluding hydrogens is 339 g/mol. The molecule has 1 aliphatic heterocycles. The van der Waals surface area contributed by atoms with Crippen LogP contribution in [0.25, 0.3) is 0 Å². The lowest BCUT2D eigenvalue weighted by molar-refractivity contribution is -0.129. The highest BCUT2D eigenvalue weighted by Gasteiger charge is 2.23. The Bertz CT molecular complexity index is 442. The van der Waals surface area contributed by atoms with E-state index in [0.29, 0.717) is 18.0 Å². The molecule has 0 spiro atoms. The summed E-state index contributed by atoms with van der Waals surface area (Å²) in [7, 11) is 0. The largest absolute Gasteiger partial charge is 0.341 e. The first-order chi connectivity index (χ1) is 8.06. The Morgan fingerprint density at radius 1 is 1.56 bits per heavy atom. The maximum atomic E-state index is 12.0. The molecule has 1 aliphatic rings. The Morgan fingerprint density at radius 3 is 2.83 bits per heavy atom. The fraction of sp³-hybridized carbons (Fsp3) is 0.417. The van der Waals surface area contributed by atoms with E-state index in [1.54, 1.807) is 0 Å². The van der Waals surface area contributed by atoms with Crippen LogP contribution in [0.2, 0.25) is 5.02 Å². The molecule has 1 amide bonds. The van der Waals surface area contributed by atoms with E-state index >= 15 is 0 Å². The molecule has 2 rings (SSSR count). The van der Waals surface area contributed by atoms with Gasteiger partial charge in [-0.25, -0.2) is 0 Å². The summed E-state index contributed by atoms with van der Waals surface area (Å²) in [5.74, 6) is 0.122. The Hall–Kier alpha value is -0.290. The predicted molar refractivity (Wildman–Crippen MR) is 79.3 cm³/mol. The molecule has 1 heterocycles. The summed E-state index contributed by atoms with van der Waals surface area (Å²) in [6, 6.07) is 5.72. The molecule has 1 fully saturated rings. The summed E-state index contributed by atoms with van der Waals surface area (Å²) in [4.78, 5) is 13.8. The number of halogens is 3. The zero-order valence-corrected chi connectivity index (χ0v) is 12.9. The van der Waals surface area contributed by atoms with Crippen LogP contribution in [0.5, 0.6) is 0 Å². The normalized spacial score (nSPS) is 18.6. The highest BCUT2D eigenvalue weighted by Crippen LogP contribution is 2.23. The van der Waals surface area contributed by atoms with Crippen molar-refractivity contribution >= 4 is 45.8 Å². The average Bonchev–Trinajstić information content (AvgIpc) is 2.70. The molecule has 0 bridgehead atoms. The van der Waals surface area contributed by atoms with Gasteiger partial charge in [0.2, 0.25) is 5.91 Å². The molecule has 18 heavy (non-hydrogen) atoms. The van der Waals surface area contributed by atoms with Gasteiger partial charge in [-0.3, -0.25) is 4.79 Å². The standard InChI is InChI=1S/C12H14BrClN2O.ClH/c13-10-2-1-8(5-11(10)14)6-12(17)16-4-3-9(15)7-16;/h1-2,5,9H,3-4,6-7,15H2;1H/t9-;/m1./s1. The van der Waals surface area contributed by atoms with Gasteiger partial charge in [-0.05, 0) is 40.0 Å². The molecule has 0 radical (unpaired) electrons. The van der Waals surface area contributed by atoms with Crippen molar-refractivity contribution in [1.82, 2.24) is 4.90 Å². The van der Waals surface area contributed by atoms with E-state index in [2.05, 4.69) is 15.9 Å². The van der Waals surface area contributed by atoms with Crippen LogP contribution in [0.4, 0.5) is 0 Å². The number of amides is 1.